The number of hydrogen-bond acceptors (Lipinski definition) is 2. The Balaban J connectivity index is 1.08. The van der Waals surface area contributed by atoms with Gasteiger partial charge in [0.05, 0.1) is 5.41 Å². The molecule has 3 aliphatic carbocycles. The van der Waals surface area contributed by atoms with E-state index < -0.39 is 5.41 Å². The fourth-order valence-corrected chi connectivity index (χ4v) is 12.5. The Kier molecular flexibility index (Phi) is 6.94. The fourth-order valence-electron chi connectivity index (χ4n) is 11.3. The molecule has 1 spiro atoms. The van der Waals surface area contributed by atoms with E-state index >= 15 is 0 Å². The van der Waals surface area contributed by atoms with Crippen LogP contribution >= 0.6 is 11.3 Å². The van der Waals surface area contributed by atoms with Gasteiger partial charge >= 0.3 is 0 Å². The van der Waals surface area contributed by atoms with Crippen LogP contribution in [0.25, 0.3) is 64.7 Å². The zero-order chi connectivity index (χ0) is 39.7. The van der Waals surface area contributed by atoms with E-state index in [1.54, 1.807) is 0 Å². The van der Waals surface area contributed by atoms with Gasteiger partial charge in [-0.1, -0.05) is 172 Å². The molecule has 0 amide bonds. The molecule has 60 heavy (non-hydrogen) atoms. The maximum atomic E-state index is 2.52. The van der Waals surface area contributed by atoms with Gasteiger partial charge in [-0.25, -0.2) is 0 Å². The molecule has 0 bridgehead atoms. The van der Waals surface area contributed by atoms with Crippen molar-refractivity contribution in [1.82, 2.24) is 0 Å². The number of thiophene rings is 1. The van der Waals surface area contributed by atoms with E-state index in [-0.39, 0.29) is 5.41 Å². The Labute approximate surface area is 354 Å². The van der Waals surface area contributed by atoms with Crippen LogP contribution in [0, 0.1) is 0 Å². The highest BCUT2D eigenvalue weighted by Gasteiger charge is 2.51. The minimum atomic E-state index is -0.429. The minimum absolute atomic E-state index is 0.135. The van der Waals surface area contributed by atoms with E-state index in [4.69, 9.17) is 0 Å². The molecule has 0 N–H and O–H groups in total. The molecule has 1 nitrogen and oxygen atoms in total. The standard InChI is InChI=1S/C58H39NS/c1-57(2)48-32-29-37(33-47(48)56-40(21-14-25-52(56)57)36-15-4-3-5-16-36)59(39-28-31-46-45-20-9-13-26-54(45)60-55(46)35-39)38-27-30-44-43-19-8-12-24-51(43)58(53(44)34-38)49-22-10-6-17-41(49)42-18-7-11-23-50(42)58/h3-35H,1-2H3. The topological polar surface area (TPSA) is 3.24 Å². The largest absolute Gasteiger partial charge is 0.310 e. The van der Waals surface area contributed by atoms with Crippen molar-refractivity contribution < 1.29 is 0 Å². The molecule has 3 aliphatic rings. The third kappa shape index (κ3) is 4.41. The van der Waals surface area contributed by atoms with Crippen molar-refractivity contribution in [2.75, 3.05) is 4.90 Å². The van der Waals surface area contributed by atoms with Crippen LogP contribution in [0.4, 0.5) is 17.1 Å². The van der Waals surface area contributed by atoms with Crippen LogP contribution in [0.1, 0.15) is 47.2 Å². The highest BCUT2D eigenvalue weighted by Crippen LogP contribution is 2.63. The Morgan fingerprint density at radius 2 is 0.883 bits per heavy atom. The van der Waals surface area contributed by atoms with Gasteiger partial charge in [0.15, 0.2) is 0 Å². The van der Waals surface area contributed by atoms with Crippen molar-refractivity contribution in [2.45, 2.75) is 24.7 Å². The highest BCUT2D eigenvalue weighted by atomic mass is 32.1. The first-order valence-electron chi connectivity index (χ1n) is 21.0. The first kappa shape index (κ1) is 33.9. The lowest BCUT2D eigenvalue weighted by molar-refractivity contribution is 0.660. The van der Waals surface area contributed by atoms with Gasteiger partial charge in [0.1, 0.15) is 0 Å². The molecule has 13 rings (SSSR count). The fraction of sp³-hybridized carbons (Fsp3) is 0.0690. The van der Waals surface area contributed by atoms with Gasteiger partial charge in [-0.3, -0.25) is 0 Å². The smallest absolute Gasteiger partial charge is 0.0726 e. The SMILES string of the molecule is CC1(C)c2ccc(N(c3ccc4c(c3)C3(c5ccccc5-c5ccccc53)c3ccccc3-4)c3ccc4c(c3)sc3ccccc34)cc2-c2c(-c3ccccc3)cccc21. The monoisotopic (exact) mass is 781 g/mol. The van der Waals surface area contributed by atoms with Crippen LogP contribution in [0.15, 0.2) is 200 Å². The van der Waals surface area contributed by atoms with Crippen molar-refractivity contribution >= 4 is 48.6 Å². The van der Waals surface area contributed by atoms with Gasteiger partial charge in [-0.05, 0) is 120 Å². The Morgan fingerprint density at radius 3 is 1.62 bits per heavy atom. The van der Waals surface area contributed by atoms with Crippen molar-refractivity contribution in [1.29, 1.82) is 0 Å². The van der Waals surface area contributed by atoms with Crippen molar-refractivity contribution in [2.24, 2.45) is 0 Å². The number of hydrogen-bond donors (Lipinski definition) is 0. The lowest BCUT2D eigenvalue weighted by atomic mass is 9.70. The molecule has 0 aliphatic heterocycles. The molecule has 0 saturated heterocycles. The zero-order valence-electron chi connectivity index (χ0n) is 33.4. The molecule has 2 heteroatoms. The number of anilines is 3. The molecule has 0 saturated carbocycles. The van der Waals surface area contributed by atoms with E-state index in [0.29, 0.717) is 0 Å². The molecule has 0 fully saturated rings. The number of benzene rings is 9. The predicted molar refractivity (Wildman–Crippen MR) is 253 cm³/mol. The molecular weight excluding hydrogens is 743 g/mol. The van der Waals surface area contributed by atoms with Crippen LogP contribution in [-0.4, -0.2) is 0 Å². The molecule has 0 radical (unpaired) electrons. The zero-order valence-corrected chi connectivity index (χ0v) is 34.2. The maximum absolute atomic E-state index is 2.52. The Hall–Kier alpha value is -7.00. The molecule has 0 unspecified atom stereocenters. The molecule has 10 aromatic rings. The van der Waals surface area contributed by atoms with Gasteiger partial charge in [0.2, 0.25) is 0 Å². The third-order valence-corrected chi connectivity index (χ3v) is 15.0. The van der Waals surface area contributed by atoms with Crippen molar-refractivity contribution in [3.05, 3.63) is 234 Å². The van der Waals surface area contributed by atoms with Crippen molar-refractivity contribution in [3.63, 3.8) is 0 Å². The second kappa shape index (κ2) is 12.3. The van der Waals surface area contributed by atoms with E-state index in [9.17, 15) is 0 Å². The lowest BCUT2D eigenvalue weighted by Crippen LogP contribution is -2.26. The second-order valence-corrected chi connectivity index (χ2v) is 18.3. The summed E-state index contributed by atoms with van der Waals surface area (Å²) in [7, 11) is 0. The molecule has 0 atom stereocenters. The van der Waals surface area contributed by atoms with Gasteiger partial charge < -0.3 is 4.90 Å². The number of rotatable bonds is 4. The van der Waals surface area contributed by atoms with Crippen LogP contribution in [0.2, 0.25) is 0 Å². The van der Waals surface area contributed by atoms with Crippen molar-refractivity contribution in [3.8, 4) is 44.5 Å². The van der Waals surface area contributed by atoms with Gasteiger partial charge in [-0.2, -0.15) is 0 Å². The van der Waals surface area contributed by atoms with E-state index in [1.807, 2.05) is 11.3 Å². The summed E-state index contributed by atoms with van der Waals surface area (Å²) in [5.74, 6) is 0. The predicted octanol–water partition coefficient (Wildman–Crippen LogP) is 15.8. The summed E-state index contributed by atoms with van der Waals surface area (Å²) in [6.45, 7) is 4.77. The van der Waals surface area contributed by atoms with Crippen LogP contribution in [-0.2, 0) is 10.8 Å². The average Bonchev–Trinajstić information content (AvgIpc) is 3.98. The molecule has 282 valence electrons. The molecule has 9 aromatic carbocycles. The van der Waals surface area contributed by atoms with E-state index in [1.165, 1.54) is 98.1 Å². The highest BCUT2D eigenvalue weighted by molar-refractivity contribution is 7.25. The summed E-state index contributed by atoms with van der Waals surface area (Å²) in [6, 6.07) is 75.4. The van der Waals surface area contributed by atoms with Crippen LogP contribution < -0.4 is 4.90 Å². The maximum Gasteiger partial charge on any atom is 0.0726 e. The van der Waals surface area contributed by atoms with Gasteiger partial charge in [-0.15, -0.1) is 11.3 Å². The summed E-state index contributed by atoms with van der Waals surface area (Å²) >= 11 is 1.88. The third-order valence-electron chi connectivity index (χ3n) is 13.9. The summed E-state index contributed by atoms with van der Waals surface area (Å²) in [5, 5.41) is 2.62. The molecular formula is C58H39NS. The second-order valence-electron chi connectivity index (χ2n) is 17.2. The lowest BCUT2D eigenvalue weighted by Gasteiger charge is -2.32. The Bertz CT molecular complexity index is 3360. The summed E-state index contributed by atoms with van der Waals surface area (Å²) in [5.41, 5.74) is 21.5. The van der Waals surface area contributed by atoms with Gasteiger partial charge in [0, 0.05) is 42.6 Å². The number of fused-ring (bicyclic) bond motifs is 16. The molecule has 1 aromatic heterocycles. The van der Waals surface area contributed by atoms with E-state index in [2.05, 4.69) is 219 Å². The summed E-state index contributed by atoms with van der Waals surface area (Å²) in [4.78, 5) is 2.52. The van der Waals surface area contributed by atoms with Crippen LogP contribution in [0.3, 0.4) is 0 Å². The van der Waals surface area contributed by atoms with E-state index in [0.717, 1.165) is 17.1 Å². The Morgan fingerprint density at radius 1 is 0.350 bits per heavy atom. The normalized spacial score (nSPS) is 14.4. The first-order chi connectivity index (χ1) is 29.5. The summed E-state index contributed by atoms with van der Waals surface area (Å²) in [6.07, 6.45) is 0. The minimum Gasteiger partial charge on any atom is -0.310 e. The quantitative estimate of drug-likeness (QED) is 0.172. The average molecular weight is 782 g/mol. The van der Waals surface area contributed by atoms with Gasteiger partial charge in [0.25, 0.3) is 0 Å². The summed E-state index contributed by atoms with van der Waals surface area (Å²) < 4.78 is 2.61. The number of nitrogens with zero attached hydrogens (tertiary/aromatic N) is 1. The van der Waals surface area contributed by atoms with Crippen LogP contribution in [0.5, 0.6) is 0 Å². The molecule has 1 heterocycles. The first-order valence-corrected chi connectivity index (χ1v) is 21.8.